The Morgan fingerprint density at radius 3 is 2.58 bits per heavy atom. The summed E-state index contributed by atoms with van der Waals surface area (Å²) in [5.41, 5.74) is 5.74. The van der Waals surface area contributed by atoms with E-state index in [9.17, 15) is 9.18 Å². The number of carbonyl (C=O) groups excluding carboxylic acids is 1. The molecule has 1 aromatic heterocycles. The number of H-pyrrole nitrogens is 1. The molecular formula is C24H19FN4O2. The lowest BCUT2D eigenvalue weighted by molar-refractivity contribution is 0.0950. The summed E-state index contributed by atoms with van der Waals surface area (Å²) in [5, 5.41) is 10.9. The first-order valence-corrected chi connectivity index (χ1v) is 9.59. The quantitative estimate of drug-likeness (QED) is 0.344. The number of hydrogen-bond donors (Lipinski definition) is 2. The van der Waals surface area contributed by atoms with Gasteiger partial charge in [-0.25, -0.2) is 9.82 Å². The Morgan fingerprint density at radius 2 is 1.77 bits per heavy atom. The van der Waals surface area contributed by atoms with Gasteiger partial charge in [-0.15, -0.1) is 0 Å². The Bertz CT molecular complexity index is 1190. The van der Waals surface area contributed by atoms with Crippen LogP contribution in [-0.2, 0) is 6.61 Å². The maximum atomic E-state index is 12.9. The number of nitrogens with zero attached hydrogens (tertiary/aromatic N) is 2. The van der Waals surface area contributed by atoms with E-state index in [4.69, 9.17) is 4.74 Å². The van der Waals surface area contributed by atoms with Crippen molar-refractivity contribution < 1.29 is 13.9 Å². The smallest absolute Gasteiger partial charge is 0.289 e. The lowest BCUT2D eigenvalue weighted by atomic mass is 10.1. The highest BCUT2D eigenvalue weighted by atomic mass is 19.1. The number of ether oxygens (including phenoxy) is 1. The zero-order valence-electron chi connectivity index (χ0n) is 16.5. The van der Waals surface area contributed by atoms with E-state index in [1.165, 1.54) is 18.3 Å². The maximum Gasteiger partial charge on any atom is 0.289 e. The summed E-state index contributed by atoms with van der Waals surface area (Å²) in [7, 11) is 0. The van der Waals surface area contributed by atoms with E-state index in [1.807, 2.05) is 54.6 Å². The molecule has 0 unspecified atom stereocenters. The van der Waals surface area contributed by atoms with Crippen molar-refractivity contribution in [3.05, 3.63) is 108 Å². The first-order chi connectivity index (χ1) is 15.2. The minimum absolute atomic E-state index is 0.254. The van der Waals surface area contributed by atoms with Crippen LogP contribution in [0.25, 0.3) is 11.3 Å². The maximum absolute atomic E-state index is 12.9. The standard InChI is InChI=1S/C24H19FN4O2/c25-19-12-10-17(11-13-19)15-26-29-24(30)22-14-21(27-28-22)20-8-4-5-9-23(20)31-16-18-6-2-1-3-7-18/h1-15H,16H2,(H,27,28)(H,29,30)/b26-15-. The van der Waals surface area contributed by atoms with Crippen LogP contribution in [0.1, 0.15) is 21.6 Å². The van der Waals surface area contributed by atoms with Crippen molar-refractivity contribution in [3.63, 3.8) is 0 Å². The molecule has 4 rings (SSSR count). The monoisotopic (exact) mass is 414 g/mol. The van der Waals surface area contributed by atoms with Gasteiger partial charge in [0.2, 0.25) is 0 Å². The molecule has 0 spiro atoms. The molecule has 0 radical (unpaired) electrons. The van der Waals surface area contributed by atoms with Gasteiger partial charge in [-0.1, -0.05) is 54.6 Å². The summed E-state index contributed by atoms with van der Waals surface area (Å²) in [6.45, 7) is 0.424. The largest absolute Gasteiger partial charge is 0.488 e. The van der Waals surface area contributed by atoms with E-state index in [1.54, 1.807) is 18.2 Å². The number of aromatic nitrogens is 2. The van der Waals surface area contributed by atoms with Crippen LogP contribution in [0.5, 0.6) is 5.75 Å². The molecule has 7 heteroatoms. The van der Waals surface area contributed by atoms with Crippen LogP contribution in [0.15, 0.2) is 90.0 Å². The molecule has 0 bridgehead atoms. The van der Waals surface area contributed by atoms with Gasteiger partial charge in [0.15, 0.2) is 0 Å². The number of halogens is 1. The normalized spacial score (nSPS) is 10.9. The van der Waals surface area contributed by atoms with Crippen molar-refractivity contribution in [2.75, 3.05) is 0 Å². The summed E-state index contributed by atoms with van der Waals surface area (Å²) >= 11 is 0. The number of nitrogens with one attached hydrogen (secondary N) is 2. The number of aromatic amines is 1. The summed E-state index contributed by atoms with van der Waals surface area (Å²) in [6, 6.07) is 24.8. The summed E-state index contributed by atoms with van der Waals surface area (Å²) in [4.78, 5) is 12.3. The van der Waals surface area contributed by atoms with Crippen LogP contribution in [0.4, 0.5) is 4.39 Å². The minimum atomic E-state index is -0.445. The molecule has 154 valence electrons. The van der Waals surface area contributed by atoms with Gasteiger partial charge in [0, 0.05) is 5.56 Å². The topological polar surface area (TPSA) is 79.4 Å². The molecule has 4 aromatic rings. The van der Waals surface area contributed by atoms with Gasteiger partial charge < -0.3 is 4.74 Å². The van der Waals surface area contributed by atoms with Gasteiger partial charge in [0.25, 0.3) is 5.91 Å². The molecule has 6 nitrogen and oxygen atoms in total. The van der Waals surface area contributed by atoms with E-state index in [2.05, 4.69) is 20.7 Å². The molecule has 3 aromatic carbocycles. The lowest BCUT2D eigenvalue weighted by Crippen LogP contribution is -2.17. The number of amides is 1. The molecule has 1 heterocycles. The van der Waals surface area contributed by atoms with E-state index < -0.39 is 5.91 Å². The third kappa shape index (κ3) is 5.22. The fourth-order valence-electron chi connectivity index (χ4n) is 2.89. The second kappa shape index (κ2) is 9.49. The molecule has 0 aliphatic carbocycles. The van der Waals surface area contributed by atoms with Crippen LogP contribution in [0.3, 0.4) is 0 Å². The highest BCUT2D eigenvalue weighted by Crippen LogP contribution is 2.29. The van der Waals surface area contributed by atoms with Crippen molar-refractivity contribution in [2.45, 2.75) is 6.61 Å². The van der Waals surface area contributed by atoms with Gasteiger partial charge >= 0.3 is 0 Å². The van der Waals surface area contributed by atoms with Crippen LogP contribution < -0.4 is 10.2 Å². The van der Waals surface area contributed by atoms with Gasteiger partial charge in [0.05, 0.1) is 11.9 Å². The molecule has 1 amide bonds. The number of benzene rings is 3. The first-order valence-electron chi connectivity index (χ1n) is 9.59. The number of hydrazone groups is 1. The van der Waals surface area contributed by atoms with Crippen LogP contribution >= 0.6 is 0 Å². The van der Waals surface area contributed by atoms with Crippen molar-refractivity contribution in [1.82, 2.24) is 15.6 Å². The number of para-hydroxylation sites is 1. The predicted octanol–water partition coefficient (Wildman–Crippen LogP) is 4.56. The zero-order chi connectivity index (χ0) is 21.5. The Balaban J connectivity index is 1.43. The van der Waals surface area contributed by atoms with Gasteiger partial charge in [-0.2, -0.15) is 10.2 Å². The molecule has 2 N–H and O–H groups in total. The summed E-state index contributed by atoms with van der Waals surface area (Å²) in [6.07, 6.45) is 1.43. The summed E-state index contributed by atoms with van der Waals surface area (Å²) in [5.74, 6) is -0.113. The fourth-order valence-corrected chi connectivity index (χ4v) is 2.89. The van der Waals surface area contributed by atoms with Crippen LogP contribution in [0, 0.1) is 5.82 Å². The van der Waals surface area contributed by atoms with E-state index in [0.717, 1.165) is 11.1 Å². The van der Waals surface area contributed by atoms with Crippen molar-refractivity contribution >= 4 is 12.1 Å². The van der Waals surface area contributed by atoms with Crippen molar-refractivity contribution in [1.29, 1.82) is 0 Å². The predicted molar refractivity (Wildman–Crippen MR) is 116 cm³/mol. The highest BCUT2D eigenvalue weighted by Gasteiger charge is 2.13. The molecule has 0 saturated heterocycles. The van der Waals surface area contributed by atoms with Crippen LogP contribution in [-0.4, -0.2) is 22.3 Å². The third-order valence-electron chi connectivity index (χ3n) is 4.47. The molecule has 0 aliphatic heterocycles. The van der Waals surface area contributed by atoms with Crippen molar-refractivity contribution in [2.24, 2.45) is 5.10 Å². The van der Waals surface area contributed by atoms with E-state index in [0.29, 0.717) is 23.6 Å². The van der Waals surface area contributed by atoms with Gasteiger partial charge in [0.1, 0.15) is 23.9 Å². The average molecular weight is 414 g/mol. The second-order valence-electron chi connectivity index (χ2n) is 6.69. The molecular weight excluding hydrogens is 395 g/mol. The SMILES string of the molecule is O=C(N/N=C\c1ccc(F)cc1)c1cc(-c2ccccc2OCc2ccccc2)n[nH]1. The third-order valence-corrected chi connectivity index (χ3v) is 4.47. The van der Waals surface area contributed by atoms with E-state index >= 15 is 0 Å². The van der Waals surface area contributed by atoms with Gasteiger partial charge in [-0.05, 0) is 41.5 Å². The second-order valence-corrected chi connectivity index (χ2v) is 6.69. The summed E-state index contributed by atoms with van der Waals surface area (Å²) < 4.78 is 18.9. The Labute approximate surface area is 178 Å². The minimum Gasteiger partial charge on any atom is -0.488 e. The highest BCUT2D eigenvalue weighted by molar-refractivity contribution is 5.94. The molecule has 31 heavy (non-hydrogen) atoms. The van der Waals surface area contributed by atoms with Gasteiger partial charge in [-0.3, -0.25) is 9.89 Å². The first kappa shape index (κ1) is 20.0. The van der Waals surface area contributed by atoms with Crippen molar-refractivity contribution in [3.8, 4) is 17.0 Å². The molecule has 0 atom stereocenters. The van der Waals surface area contributed by atoms with E-state index in [-0.39, 0.29) is 11.5 Å². The lowest BCUT2D eigenvalue weighted by Gasteiger charge is -2.10. The number of hydrogen-bond acceptors (Lipinski definition) is 4. The zero-order valence-corrected chi connectivity index (χ0v) is 16.5. The Kier molecular flexibility index (Phi) is 6.13. The fraction of sp³-hybridized carbons (Fsp3) is 0.0417. The average Bonchev–Trinajstić information content (AvgIpc) is 3.30. The van der Waals surface area contributed by atoms with Crippen LogP contribution in [0.2, 0.25) is 0 Å². The number of carbonyl (C=O) groups is 1. The molecule has 0 aliphatic rings. The molecule has 0 fully saturated rings. The number of rotatable bonds is 7. The molecule has 0 saturated carbocycles. The Morgan fingerprint density at radius 1 is 1.03 bits per heavy atom. The Hall–Kier alpha value is -4.26.